The van der Waals surface area contributed by atoms with Gasteiger partial charge in [-0.1, -0.05) is 0 Å². The molecule has 0 aliphatic heterocycles. The van der Waals surface area contributed by atoms with E-state index in [-0.39, 0.29) is 12.5 Å². The summed E-state index contributed by atoms with van der Waals surface area (Å²) in [6.45, 7) is -0.0750. The lowest BCUT2D eigenvalue weighted by Crippen LogP contribution is -2.32. The Balaban J connectivity index is 2.58. The molecular formula is C8H11N3O3. The van der Waals surface area contributed by atoms with Gasteiger partial charge < -0.3 is 9.64 Å². The van der Waals surface area contributed by atoms with Crippen LogP contribution in [0, 0.1) is 0 Å². The summed E-state index contributed by atoms with van der Waals surface area (Å²) in [4.78, 5) is 23.6. The molecule has 1 N–H and O–H groups in total. The van der Waals surface area contributed by atoms with Gasteiger partial charge in [0, 0.05) is 13.2 Å². The van der Waals surface area contributed by atoms with Crippen LogP contribution in [-0.2, 0) is 9.53 Å². The molecule has 0 saturated carbocycles. The minimum absolute atomic E-state index is 0.0750. The molecule has 1 aromatic rings. The molecule has 6 nitrogen and oxygen atoms in total. The Kier molecular flexibility index (Phi) is 3.22. The maximum absolute atomic E-state index is 11.5. The summed E-state index contributed by atoms with van der Waals surface area (Å²) in [6.07, 6.45) is 1.47. The first-order valence-electron chi connectivity index (χ1n) is 3.97. The Labute approximate surface area is 80.8 Å². The highest BCUT2D eigenvalue weighted by Gasteiger charge is 2.15. The lowest BCUT2D eigenvalue weighted by molar-refractivity contribution is -0.141. The normalized spacial score (nSPS) is 9.57. The predicted molar refractivity (Wildman–Crippen MR) is 47.6 cm³/mol. The van der Waals surface area contributed by atoms with E-state index < -0.39 is 5.97 Å². The number of aromatic nitrogens is 2. The largest absolute Gasteiger partial charge is 0.468 e. The molecule has 0 aliphatic carbocycles. The third-order valence-electron chi connectivity index (χ3n) is 1.67. The van der Waals surface area contributed by atoms with Crippen LogP contribution in [0.2, 0.25) is 0 Å². The van der Waals surface area contributed by atoms with Crippen LogP contribution in [0.5, 0.6) is 0 Å². The van der Waals surface area contributed by atoms with Crippen molar-refractivity contribution in [2.45, 2.75) is 0 Å². The Morgan fingerprint density at radius 1 is 1.64 bits per heavy atom. The average Bonchev–Trinajstić information content (AvgIpc) is 2.69. The molecule has 1 rings (SSSR count). The summed E-state index contributed by atoms with van der Waals surface area (Å²) in [5, 5.41) is 6.15. The van der Waals surface area contributed by atoms with E-state index in [0.29, 0.717) is 5.69 Å². The summed E-state index contributed by atoms with van der Waals surface area (Å²) in [5.74, 6) is -0.756. The molecule has 1 aromatic heterocycles. The van der Waals surface area contributed by atoms with Crippen molar-refractivity contribution in [3.8, 4) is 0 Å². The number of ether oxygens (including phenoxy) is 1. The average molecular weight is 197 g/mol. The fourth-order valence-electron chi connectivity index (χ4n) is 0.911. The van der Waals surface area contributed by atoms with Crippen LogP contribution in [0.3, 0.4) is 0 Å². The fourth-order valence-corrected chi connectivity index (χ4v) is 0.911. The zero-order valence-corrected chi connectivity index (χ0v) is 7.98. The number of carbonyl (C=O) groups excluding carboxylic acids is 2. The fraction of sp³-hybridized carbons (Fsp3) is 0.375. The van der Waals surface area contributed by atoms with Gasteiger partial charge in [0.05, 0.1) is 7.11 Å². The van der Waals surface area contributed by atoms with Crippen molar-refractivity contribution in [3.05, 3.63) is 18.0 Å². The first kappa shape index (κ1) is 10.2. The van der Waals surface area contributed by atoms with Gasteiger partial charge in [-0.2, -0.15) is 5.10 Å². The van der Waals surface area contributed by atoms with Crippen LogP contribution in [0.1, 0.15) is 10.5 Å². The van der Waals surface area contributed by atoms with Crippen molar-refractivity contribution in [1.82, 2.24) is 15.1 Å². The maximum atomic E-state index is 11.5. The molecule has 0 spiro atoms. The van der Waals surface area contributed by atoms with Crippen molar-refractivity contribution in [1.29, 1.82) is 0 Å². The molecule has 0 aliphatic rings. The van der Waals surface area contributed by atoms with Crippen molar-refractivity contribution >= 4 is 11.9 Å². The van der Waals surface area contributed by atoms with Crippen LogP contribution < -0.4 is 0 Å². The molecular weight excluding hydrogens is 186 g/mol. The maximum Gasteiger partial charge on any atom is 0.325 e. The van der Waals surface area contributed by atoms with Crippen LogP contribution >= 0.6 is 0 Å². The van der Waals surface area contributed by atoms with Gasteiger partial charge in [0.25, 0.3) is 5.91 Å². The van der Waals surface area contributed by atoms with Gasteiger partial charge >= 0.3 is 5.97 Å². The van der Waals surface area contributed by atoms with Crippen molar-refractivity contribution in [2.75, 3.05) is 20.7 Å². The summed E-state index contributed by atoms with van der Waals surface area (Å²) in [5.41, 5.74) is 0.344. The van der Waals surface area contributed by atoms with E-state index >= 15 is 0 Å². The highest BCUT2D eigenvalue weighted by molar-refractivity contribution is 5.93. The Morgan fingerprint density at radius 3 is 2.86 bits per heavy atom. The smallest absolute Gasteiger partial charge is 0.325 e. The first-order valence-corrected chi connectivity index (χ1v) is 3.97. The zero-order valence-electron chi connectivity index (χ0n) is 7.98. The van der Waals surface area contributed by atoms with Gasteiger partial charge in [0.15, 0.2) is 0 Å². The van der Waals surface area contributed by atoms with Crippen LogP contribution in [0.4, 0.5) is 0 Å². The van der Waals surface area contributed by atoms with Crippen LogP contribution in [0.15, 0.2) is 12.3 Å². The number of hydrogen-bond acceptors (Lipinski definition) is 4. The molecule has 0 fully saturated rings. The first-order chi connectivity index (χ1) is 6.65. The van der Waals surface area contributed by atoms with E-state index in [2.05, 4.69) is 14.9 Å². The highest BCUT2D eigenvalue weighted by Crippen LogP contribution is 1.97. The Hall–Kier alpha value is -1.85. The second kappa shape index (κ2) is 4.40. The van der Waals surface area contributed by atoms with Crippen molar-refractivity contribution in [3.63, 3.8) is 0 Å². The number of nitrogens with one attached hydrogen (secondary N) is 1. The standard InChI is InChI=1S/C8H11N3O3/c1-11(5-7(12)14-2)8(13)6-3-4-9-10-6/h3-4H,5H2,1-2H3,(H,9,10). The number of nitrogens with zero attached hydrogens (tertiary/aromatic N) is 2. The highest BCUT2D eigenvalue weighted by atomic mass is 16.5. The van der Waals surface area contributed by atoms with Gasteiger partial charge in [0.2, 0.25) is 0 Å². The van der Waals surface area contributed by atoms with E-state index in [1.165, 1.54) is 31.3 Å². The van der Waals surface area contributed by atoms with Crippen molar-refractivity contribution < 1.29 is 14.3 Å². The molecule has 0 bridgehead atoms. The molecule has 76 valence electrons. The van der Waals surface area contributed by atoms with Gasteiger partial charge in [-0.3, -0.25) is 14.7 Å². The number of amides is 1. The van der Waals surface area contributed by atoms with Crippen LogP contribution in [-0.4, -0.2) is 47.7 Å². The summed E-state index contributed by atoms with van der Waals surface area (Å²) < 4.78 is 4.43. The molecule has 0 atom stereocenters. The van der Waals surface area contributed by atoms with E-state index in [0.717, 1.165) is 0 Å². The molecule has 1 amide bonds. The third-order valence-corrected chi connectivity index (χ3v) is 1.67. The van der Waals surface area contributed by atoms with E-state index in [1.54, 1.807) is 0 Å². The monoisotopic (exact) mass is 197 g/mol. The topological polar surface area (TPSA) is 75.3 Å². The number of carbonyl (C=O) groups is 2. The number of likely N-dealkylation sites (N-methyl/N-ethyl adjacent to an activating group) is 1. The number of methoxy groups -OCH3 is 1. The number of rotatable bonds is 3. The van der Waals surface area contributed by atoms with Crippen LogP contribution in [0.25, 0.3) is 0 Å². The number of esters is 1. The number of H-pyrrole nitrogens is 1. The molecule has 6 heteroatoms. The minimum Gasteiger partial charge on any atom is -0.468 e. The molecule has 0 saturated heterocycles. The quantitative estimate of drug-likeness (QED) is 0.672. The predicted octanol–water partition coefficient (Wildman–Crippen LogP) is -0.345. The van der Waals surface area contributed by atoms with E-state index in [4.69, 9.17) is 0 Å². The zero-order chi connectivity index (χ0) is 10.6. The number of aromatic amines is 1. The second-order valence-electron chi connectivity index (χ2n) is 2.71. The number of hydrogen-bond donors (Lipinski definition) is 1. The Morgan fingerprint density at radius 2 is 2.36 bits per heavy atom. The molecule has 1 heterocycles. The van der Waals surface area contributed by atoms with Gasteiger partial charge in [-0.15, -0.1) is 0 Å². The molecule has 0 radical (unpaired) electrons. The molecule has 0 aromatic carbocycles. The van der Waals surface area contributed by atoms with Gasteiger partial charge in [-0.25, -0.2) is 0 Å². The minimum atomic E-state index is -0.458. The second-order valence-corrected chi connectivity index (χ2v) is 2.71. The van der Waals surface area contributed by atoms with Gasteiger partial charge in [-0.05, 0) is 6.07 Å². The van der Waals surface area contributed by atoms with E-state index in [1.807, 2.05) is 0 Å². The molecule has 0 unspecified atom stereocenters. The van der Waals surface area contributed by atoms with E-state index in [9.17, 15) is 9.59 Å². The van der Waals surface area contributed by atoms with Crippen molar-refractivity contribution in [2.24, 2.45) is 0 Å². The van der Waals surface area contributed by atoms with Gasteiger partial charge in [0.1, 0.15) is 12.2 Å². The SMILES string of the molecule is COC(=O)CN(C)C(=O)c1ccn[nH]1. The summed E-state index contributed by atoms with van der Waals surface area (Å²) in [7, 11) is 2.79. The summed E-state index contributed by atoms with van der Waals surface area (Å²) in [6, 6.07) is 1.54. The molecule has 14 heavy (non-hydrogen) atoms. The lowest BCUT2D eigenvalue weighted by atomic mass is 10.4. The summed E-state index contributed by atoms with van der Waals surface area (Å²) >= 11 is 0. The Bertz CT molecular complexity index is 321. The third kappa shape index (κ3) is 2.32. The lowest BCUT2D eigenvalue weighted by Gasteiger charge is -2.13.